The number of hydrogen-bond donors (Lipinski definition) is 2. The molecule has 0 atom stereocenters. The Morgan fingerprint density at radius 2 is 2.00 bits per heavy atom. The molecule has 8 nitrogen and oxygen atoms in total. The number of anilines is 1. The Hall–Kier alpha value is -1.63. The maximum Gasteiger partial charge on any atom is 0.239 e. The van der Waals surface area contributed by atoms with Crippen molar-refractivity contribution in [3.63, 3.8) is 0 Å². The number of benzene rings is 2. The predicted molar refractivity (Wildman–Crippen MR) is 116 cm³/mol. The molecule has 0 saturated carbocycles. The van der Waals surface area contributed by atoms with Gasteiger partial charge in [0.2, 0.25) is 10.0 Å². The van der Waals surface area contributed by atoms with E-state index in [0.717, 1.165) is 26.3 Å². The van der Waals surface area contributed by atoms with Crippen LogP contribution in [0.25, 0.3) is 0 Å². The van der Waals surface area contributed by atoms with E-state index >= 15 is 0 Å². The van der Waals surface area contributed by atoms with Crippen LogP contribution in [0.2, 0.25) is 5.02 Å². The summed E-state index contributed by atoms with van der Waals surface area (Å²) in [6.07, 6.45) is 1.90. The molecule has 12 heteroatoms. The summed E-state index contributed by atoms with van der Waals surface area (Å²) in [5.41, 5.74) is 2.70. The Morgan fingerprint density at radius 3 is 2.72 bits per heavy atom. The standard InChI is InChI=1S/C17H16BrClN6O2S2/c18-12-3-1-11(2-4-12)7-24-8-13(22-23-24)9-25-10-21-15-5-14(19)17(29(20,26)27)6-16(15)28-25/h1-6,8,21H,7,9-10H2,(H2,20,26,27). The number of nitrogens with two attached hydrogens (primary N) is 1. The van der Waals surface area contributed by atoms with Gasteiger partial charge in [0.25, 0.3) is 0 Å². The molecule has 2 heterocycles. The third-order valence-corrected chi connectivity index (χ3v) is 7.15. The third kappa shape index (κ3) is 4.93. The average Bonchev–Trinajstić information content (AvgIpc) is 3.09. The zero-order valence-corrected chi connectivity index (χ0v) is 18.9. The van der Waals surface area contributed by atoms with Crippen LogP contribution < -0.4 is 10.5 Å². The first-order valence-corrected chi connectivity index (χ1v) is 11.9. The minimum Gasteiger partial charge on any atom is -0.370 e. The van der Waals surface area contributed by atoms with Crippen LogP contribution >= 0.6 is 39.5 Å². The van der Waals surface area contributed by atoms with Crippen molar-refractivity contribution in [2.75, 3.05) is 12.0 Å². The molecule has 1 aromatic heterocycles. The molecule has 1 aliphatic heterocycles. The van der Waals surface area contributed by atoms with Gasteiger partial charge in [-0.1, -0.05) is 44.9 Å². The van der Waals surface area contributed by atoms with Gasteiger partial charge in [0.05, 0.1) is 42.4 Å². The molecular formula is C17H16BrClN6O2S2. The quantitative estimate of drug-likeness (QED) is 0.502. The lowest BCUT2D eigenvalue weighted by Crippen LogP contribution is -2.27. The van der Waals surface area contributed by atoms with Crippen LogP contribution in [0.15, 0.2) is 56.9 Å². The van der Waals surface area contributed by atoms with E-state index in [9.17, 15) is 8.42 Å². The molecular weight excluding hydrogens is 500 g/mol. The van der Waals surface area contributed by atoms with Crippen molar-refractivity contribution in [2.45, 2.75) is 22.9 Å². The lowest BCUT2D eigenvalue weighted by Gasteiger charge is -2.28. The summed E-state index contributed by atoms with van der Waals surface area (Å²) < 4.78 is 28.2. The van der Waals surface area contributed by atoms with Gasteiger partial charge in [0, 0.05) is 9.37 Å². The molecule has 0 spiro atoms. The summed E-state index contributed by atoms with van der Waals surface area (Å²) in [7, 11) is -3.89. The summed E-state index contributed by atoms with van der Waals surface area (Å²) in [6.45, 7) is 1.71. The van der Waals surface area contributed by atoms with Gasteiger partial charge in [-0.05, 0) is 41.8 Å². The number of sulfonamides is 1. The number of primary sulfonamides is 1. The van der Waals surface area contributed by atoms with Crippen molar-refractivity contribution in [1.29, 1.82) is 0 Å². The molecule has 3 aromatic rings. The molecule has 2 aromatic carbocycles. The van der Waals surface area contributed by atoms with Crippen molar-refractivity contribution in [1.82, 2.24) is 19.3 Å². The molecule has 0 unspecified atom stereocenters. The SMILES string of the molecule is NS(=O)(=O)c1cc2c(cc1Cl)NCN(Cc1cn(Cc3ccc(Br)cc3)nn1)S2. The Morgan fingerprint density at radius 1 is 1.24 bits per heavy atom. The van der Waals surface area contributed by atoms with E-state index in [1.54, 1.807) is 10.7 Å². The highest BCUT2D eigenvalue weighted by atomic mass is 79.9. The topological polar surface area (TPSA) is 106 Å². The number of nitrogens with zero attached hydrogens (tertiary/aromatic N) is 4. The molecule has 0 saturated heterocycles. The lowest BCUT2D eigenvalue weighted by atomic mass is 10.2. The molecule has 4 rings (SSSR count). The van der Waals surface area contributed by atoms with Crippen LogP contribution in [-0.2, 0) is 23.1 Å². The first-order chi connectivity index (χ1) is 13.8. The fourth-order valence-corrected chi connectivity index (χ4v) is 5.29. The number of fused-ring (bicyclic) bond motifs is 1. The van der Waals surface area contributed by atoms with E-state index in [4.69, 9.17) is 16.7 Å². The van der Waals surface area contributed by atoms with Crippen molar-refractivity contribution >= 4 is 55.2 Å². The van der Waals surface area contributed by atoms with Crippen molar-refractivity contribution < 1.29 is 8.42 Å². The van der Waals surface area contributed by atoms with Crippen LogP contribution in [-0.4, -0.2) is 34.4 Å². The normalized spacial score (nSPS) is 14.4. The molecule has 0 bridgehead atoms. The number of nitrogens with one attached hydrogen (secondary N) is 1. The van der Waals surface area contributed by atoms with Gasteiger partial charge in [0.1, 0.15) is 4.90 Å². The van der Waals surface area contributed by atoms with E-state index in [2.05, 4.69) is 31.6 Å². The number of rotatable bonds is 5. The van der Waals surface area contributed by atoms with Crippen LogP contribution in [0, 0.1) is 0 Å². The van der Waals surface area contributed by atoms with E-state index < -0.39 is 10.0 Å². The Labute approximate surface area is 185 Å². The highest BCUT2D eigenvalue weighted by molar-refractivity contribution is 9.10. The molecule has 0 fully saturated rings. The van der Waals surface area contributed by atoms with Crippen LogP contribution in [0.5, 0.6) is 0 Å². The van der Waals surface area contributed by atoms with E-state index in [1.807, 2.05) is 34.8 Å². The van der Waals surface area contributed by atoms with Crippen molar-refractivity contribution in [2.24, 2.45) is 5.14 Å². The second-order valence-corrected chi connectivity index (χ2v) is 10.4. The smallest absolute Gasteiger partial charge is 0.239 e. The average molecular weight is 516 g/mol. The van der Waals surface area contributed by atoms with Gasteiger partial charge in [-0.15, -0.1) is 5.10 Å². The van der Waals surface area contributed by atoms with Gasteiger partial charge in [-0.2, -0.15) is 0 Å². The zero-order valence-electron chi connectivity index (χ0n) is 14.9. The largest absolute Gasteiger partial charge is 0.370 e. The minimum atomic E-state index is -3.89. The summed E-state index contributed by atoms with van der Waals surface area (Å²) in [6, 6.07) is 11.1. The first-order valence-electron chi connectivity index (χ1n) is 8.44. The lowest BCUT2D eigenvalue weighted by molar-refractivity contribution is 0.485. The van der Waals surface area contributed by atoms with Gasteiger partial charge in [-0.25, -0.2) is 22.5 Å². The van der Waals surface area contributed by atoms with Crippen LogP contribution in [0.4, 0.5) is 5.69 Å². The summed E-state index contributed by atoms with van der Waals surface area (Å²) in [5.74, 6) is 0. The van der Waals surface area contributed by atoms with Crippen LogP contribution in [0.1, 0.15) is 11.3 Å². The van der Waals surface area contributed by atoms with E-state index in [1.165, 1.54) is 18.0 Å². The Balaban J connectivity index is 1.45. The highest BCUT2D eigenvalue weighted by Gasteiger charge is 2.23. The van der Waals surface area contributed by atoms with Gasteiger partial charge < -0.3 is 5.32 Å². The highest BCUT2D eigenvalue weighted by Crippen LogP contribution is 2.39. The predicted octanol–water partition coefficient (Wildman–Crippen LogP) is 3.28. The van der Waals surface area contributed by atoms with Crippen molar-refractivity contribution in [3.05, 3.63) is 63.3 Å². The summed E-state index contributed by atoms with van der Waals surface area (Å²) in [4.78, 5) is 0.640. The first kappa shape index (κ1) is 20.6. The molecule has 0 radical (unpaired) electrons. The minimum absolute atomic E-state index is 0.0884. The molecule has 1 aliphatic rings. The zero-order chi connectivity index (χ0) is 20.6. The third-order valence-electron chi connectivity index (χ3n) is 4.20. The summed E-state index contributed by atoms with van der Waals surface area (Å²) >= 11 is 10.9. The number of hydrogen-bond acceptors (Lipinski definition) is 7. The maximum atomic E-state index is 11.7. The second kappa shape index (κ2) is 8.25. The molecule has 152 valence electrons. The fourth-order valence-electron chi connectivity index (χ4n) is 2.85. The van der Waals surface area contributed by atoms with Crippen LogP contribution in [0.3, 0.4) is 0 Å². The molecule has 0 amide bonds. The van der Waals surface area contributed by atoms with Gasteiger partial charge in [0.15, 0.2) is 0 Å². The summed E-state index contributed by atoms with van der Waals surface area (Å²) in [5, 5.41) is 17.0. The maximum absolute atomic E-state index is 11.7. The van der Waals surface area contributed by atoms with Crippen molar-refractivity contribution in [3.8, 4) is 0 Å². The Kier molecular flexibility index (Phi) is 5.87. The van der Waals surface area contributed by atoms with Gasteiger partial charge in [-0.3, -0.25) is 0 Å². The number of halogens is 2. The van der Waals surface area contributed by atoms with E-state index in [-0.39, 0.29) is 9.92 Å². The Bertz CT molecular complexity index is 1150. The molecule has 29 heavy (non-hydrogen) atoms. The molecule has 0 aliphatic carbocycles. The second-order valence-electron chi connectivity index (χ2n) is 6.42. The number of aromatic nitrogens is 3. The molecule has 3 N–H and O–H groups in total. The van der Waals surface area contributed by atoms with Gasteiger partial charge >= 0.3 is 0 Å². The fraction of sp³-hybridized carbons (Fsp3) is 0.176. The van der Waals surface area contributed by atoms with E-state index in [0.29, 0.717) is 19.8 Å². The monoisotopic (exact) mass is 514 g/mol.